The molecule has 0 spiro atoms. The molecule has 1 amide bonds. The second-order valence-corrected chi connectivity index (χ2v) is 7.01. The summed E-state index contributed by atoms with van der Waals surface area (Å²) in [5.74, 6) is -0.351. The summed E-state index contributed by atoms with van der Waals surface area (Å²) >= 11 is 0. The molecule has 0 aromatic heterocycles. The molecule has 1 aliphatic heterocycles. The molecule has 2 unspecified atom stereocenters. The lowest BCUT2D eigenvalue weighted by atomic mass is 9.70. The maximum Gasteiger partial charge on any atom is 0.326 e. The fourth-order valence-corrected chi connectivity index (χ4v) is 3.80. The number of carboxylic acids is 1. The van der Waals surface area contributed by atoms with Crippen LogP contribution in [0.3, 0.4) is 0 Å². The summed E-state index contributed by atoms with van der Waals surface area (Å²) in [5.41, 5.74) is 1.33. The molecule has 5 nitrogen and oxygen atoms in total. The number of amides is 1. The Morgan fingerprint density at radius 2 is 2.00 bits per heavy atom. The molecule has 1 saturated carbocycles. The maximum absolute atomic E-state index is 12.2. The molecule has 1 saturated heterocycles. The minimum Gasteiger partial charge on any atom is -0.480 e. The van der Waals surface area contributed by atoms with Gasteiger partial charge in [0.1, 0.15) is 6.04 Å². The third-order valence-electron chi connectivity index (χ3n) is 5.23. The number of carbonyl (C=O) groups is 2. The van der Waals surface area contributed by atoms with Gasteiger partial charge in [-0.15, -0.1) is 0 Å². The molecule has 1 aliphatic carbocycles. The van der Waals surface area contributed by atoms with Crippen molar-refractivity contribution < 1.29 is 19.4 Å². The molecule has 0 bridgehead atoms. The van der Waals surface area contributed by atoms with E-state index in [1.807, 2.05) is 18.2 Å². The molecule has 3 rings (SSSR count). The topological polar surface area (TPSA) is 75.6 Å². The summed E-state index contributed by atoms with van der Waals surface area (Å²) in [5, 5.41) is 12.1. The molecule has 2 N–H and O–H groups in total. The highest BCUT2D eigenvalue weighted by atomic mass is 16.5. The van der Waals surface area contributed by atoms with Gasteiger partial charge >= 0.3 is 5.97 Å². The number of benzene rings is 1. The maximum atomic E-state index is 12.2. The number of carbonyl (C=O) groups excluding carboxylic acids is 1. The van der Waals surface area contributed by atoms with Crippen LogP contribution in [0.4, 0.5) is 0 Å². The Balaban J connectivity index is 1.46. The van der Waals surface area contributed by atoms with Crippen LogP contribution in [0.15, 0.2) is 30.3 Å². The van der Waals surface area contributed by atoms with Gasteiger partial charge in [-0.3, -0.25) is 4.79 Å². The van der Waals surface area contributed by atoms with Crippen LogP contribution in [0.1, 0.15) is 43.6 Å². The third-order valence-corrected chi connectivity index (χ3v) is 5.23. The van der Waals surface area contributed by atoms with Crippen molar-refractivity contribution in [2.45, 2.75) is 44.1 Å². The van der Waals surface area contributed by atoms with Crippen LogP contribution in [-0.4, -0.2) is 36.2 Å². The number of carboxylic acid groups (broad SMARTS) is 1. The van der Waals surface area contributed by atoms with Gasteiger partial charge in [-0.2, -0.15) is 0 Å². The average Bonchev–Trinajstić information content (AvgIpc) is 2.57. The monoisotopic (exact) mass is 331 g/mol. The van der Waals surface area contributed by atoms with Crippen LogP contribution in [-0.2, 0) is 14.3 Å². The Bertz CT molecular complexity index is 562. The lowest BCUT2D eigenvalue weighted by Gasteiger charge is -2.36. The van der Waals surface area contributed by atoms with Crippen LogP contribution in [0, 0.1) is 11.8 Å². The van der Waals surface area contributed by atoms with Gasteiger partial charge in [-0.05, 0) is 43.1 Å². The van der Waals surface area contributed by atoms with Crippen molar-refractivity contribution in [1.82, 2.24) is 5.32 Å². The Morgan fingerprint density at radius 1 is 1.25 bits per heavy atom. The molecule has 1 heterocycles. The average molecular weight is 331 g/mol. The highest BCUT2D eigenvalue weighted by Gasteiger charge is 2.35. The zero-order valence-electron chi connectivity index (χ0n) is 13.8. The fourth-order valence-electron chi connectivity index (χ4n) is 3.80. The Hall–Kier alpha value is -1.88. The first-order valence-corrected chi connectivity index (χ1v) is 8.78. The van der Waals surface area contributed by atoms with E-state index in [0.29, 0.717) is 31.5 Å². The summed E-state index contributed by atoms with van der Waals surface area (Å²) < 4.78 is 5.36. The Kier molecular flexibility index (Phi) is 5.51. The molecule has 24 heavy (non-hydrogen) atoms. The van der Waals surface area contributed by atoms with Gasteiger partial charge in [0.05, 0.1) is 6.61 Å². The number of hydrogen-bond donors (Lipinski definition) is 2. The molecular formula is C19H25NO4. The first kappa shape index (κ1) is 17.0. The largest absolute Gasteiger partial charge is 0.480 e. The molecule has 1 aromatic rings. The number of nitrogens with one attached hydrogen (secondary N) is 1. The predicted octanol–water partition coefficient (Wildman–Crippen LogP) is 2.57. The van der Waals surface area contributed by atoms with Crippen LogP contribution in [0.25, 0.3) is 0 Å². The molecule has 130 valence electrons. The van der Waals surface area contributed by atoms with Gasteiger partial charge in [0.25, 0.3) is 0 Å². The molecular weight excluding hydrogens is 306 g/mol. The predicted molar refractivity (Wildman–Crippen MR) is 89.6 cm³/mol. The highest BCUT2D eigenvalue weighted by molar-refractivity contribution is 5.84. The minimum absolute atomic E-state index is 0.126. The SMILES string of the molecule is O=C(CC1CC(c2ccccc2)C1)NC(C(=O)O)C1CCCOC1. The summed E-state index contributed by atoms with van der Waals surface area (Å²) in [6.45, 7) is 1.09. The van der Waals surface area contributed by atoms with Gasteiger partial charge in [-0.25, -0.2) is 4.79 Å². The second kappa shape index (κ2) is 7.79. The van der Waals surface area contributed by atoms with E-state index < -0.39 is 12.0 Å². The van der Waals surface area contributed by atoms with Crippen LogP contribution in [0.2, 0.25) is 0 Å². The van der Waals surface area contributed by atoms with Crippen molar-refractivity contribution in [1.29, 1.82) is 0 Å². The van der Waals surface area contributed by atoms with Crippen molar-refractivity contribution in [3.05, 3.63) is 35.9 Å². The third kappa shape index (κ3) is 4.15. The summed E-state index contributed by atoms with van der Waals surface area (Å²) in [7, 11) is 0. The van der Waals surface area contributed by atoms with E-state index in [1.54, 1.807) is 0 Å². The molecule has 2 fully saturated rings. The lowest BCUT2D eigenvalue weighted by molar-refractivity contribution is -0.145. The summed E-state index contributed by atoms with van der Waals surface area (Å²) in [4.78, 5) is 23.7. The van der Waals surface area contributed by atoms with Gasteiger partial charge in [0.2, 0.25) is 5.91 Å². The molecule has 2 aliphatic rings. The standard InChI is InChI=1S/C19H25NO4/c21-17(20-18(19(22)23)15-7-4-8-24-12-15)11-13-9-16(10-13)14-5-2-1-3-6-14/h1-3,5-6,13,15-16,18H,4,7-12H2,(H,20,21)(H,22,23). The van der Waals surface area contributed by atoms with Crippen LogP contribution >= 0.6 is 0 Å². The lowest BCUT2D eigenvalue weighted by Crippen LogP contribution is -2.49. The van der Waals surface area contributed by atoms with Crippen molar-refractivity contribution in [3.63, 3.8) is 0 Å². The van der Waals surface area contributed by atoms with Gasteiger partial charge < -0.3 is 15.2 Å². The Morgan fingerprint density at radius 3 is 2.62 bits per heavy atom. The summed E-state index contributed by atoms with van der Waals surface area (Å²) in [6.07, 6.45) is 4.06. The quantitative estimate of drug-likeness (QED) is 0.840. The Labute approximate surface area is 142 Å². The number of rotatable bonds is 6. The second-order valence-electron chi connectivity index (χ2n) is 7.01. The van der Waals surface area contributed by atoms with Crippen molar-refractivity contribution >= 4 is 11.9 Å². The molecule has 2 atom stereocenters. The van der Waals surface area contributed by atoms with Crippen molar-refractivity contribution in [2.75, 3.05) is 13.2 Å². The highest BCUT2D eigenvalue weighted by Crippen LogP contribution is 2.43. The van der Waals surface area contributed by atoms with Crippen LogP contribution < -0.4 is 5.32 Å². The minimum atomic E-state index is -0.963. The fraction of sp³-hybridized carbons (Fsp3) is 0.579. The van der Waals surface area contributed by atoms with E-state index in [-0.39, 0.29) is 11.8 Å². The molecule has 0 radical (unpaired) electrons. The number of ether oxygens (including phenoxy) is 1. The normalized spacial score (nSPS) is 27.8. The number of hydrogen-bond acceptors (Lipinski definition) is 3. The van der Waals surface area contributed by atoms with Crippen molar-refractivity contribution in [2.24, 2.45) is 11.8 Å². The van der Waals surface area contributed by atoms with E-state index in [1.165, 1.54) is 5.56 Å². The van der Waals surface area contributed by atoms with Gasteiger partial charge in [-0.1, -0.05) is 30.3 Å². The van der Waals surface area contributed by atoms with E-state index in [0.717, 1.165) is 25.7 Å². The van der Waals surface area contributed by atoms with Crippen LogP contribution in [0.5, 0.6) is 0 Å². The number of aliphatic carboxylic acids is 1. The van der Waals surface area contributed by atoms with Crippen molar-refractivity contribution in [3.8, 4) is 0 Å². The first-order chi connectivity index (χ1) is 11.6. The molecule has 5 heteroatoms. The smallest absolute Gasteiger partial charge is 0.326 e. The summed E-state index contributed by atoms with van der Waals surface area (Å²) in [6, 6.07) is 9.52. The van der Waals surface area contributed by atoms with E-state index in [2.05, 4.69) is 17.4 Å². The van der Waals surface area contributed by atoms with E-state index in [9.17, 15) is 14.7 Å². The van der Waals surface area contributed by atoms with E-state index >= 15 is 0 Å². The van der Waals surface area contributed by atoms with Gasteiger partial charge in [0.15, 0.2) is 0 Å². The zero-order chi connectivity index (χ0) is 16.9. The van der Waals surface area contributed by atoms with Gasteiger partial charge in [0, 0.05) is 18.9 Å². The van der Waals surface area contributed by atoms with E-state index in [4.69, 9.17) is 4.74 Å². The molecule has 1 aromatic carbocycles. The zero-order valence-corrected chi connectivity index (χ0v) is 13.8. The first-order valence-electron chi connectivity index (χ1n) is 8.78.